The van der Waals surface area contributed by atoms with E-state index in [0.29, 0.717) is 11.6 Å². The number of hydrogen-bond donors (Lipinski definition) is 0. The van der Waals surface area contributed by atoms with Crippen molar-refractivity contribution in [3.05, 3.63) is 173 Å². The summed E-state index contributed by atoms with van der Waals surface area (Å²) in [6.45, 7) is 0. The first-order valence-corrected chi connectivity index (χ1v) is 20.4. The van der Waals surface area contributed by atoms with Gasteiger partial charge < -0.3 is 8.98 Å². The number of furan rings is 1. The Morgan fingerprint density at radius 3 is 2.12 bits per heavy atom. The number of allylic oxidation sites excluding steroid dienone is 1. The molecule has 2 aliphatic carbocycles. The molecule has 6 aromatic carbocycles. The molecule has 4 aromatic heterocycles. The molecular weight excluding hydrogens is 717 g/mol. The highest BCUT2D eigenvalue weighted by Crippen LogP contribution is 2.45. The Kier molecular flexibility index (Phi) is 7.29. The number of fused-ring (bicyclic) bond motifs is 9. The molecule has 0 fully saturated rings. The Bertz CT molecular complexity index is 3330. The third kappa shape index (κ3) is 5.11. The van der Waals surface area contributed by atoms with E-state index in [0.717, 1.165) is 57.8 Å². The monoisotopic (exact) mass is 750 g/mol. The Balaban J connectivity index is 1.04. The van der Waals surface area contributed by atoms with E-state index >= 15 is 0 Å². The maximum absolute atomic E-state index is 6.61. The van der Waals surface area contributed by atoms with Crippen LogP contribution in [0, 0.1) is 0 Å². The minimum Gasteiger partial charge on any atom is -0.456 e. The average molecular weight is 751 g/mol. The van der Waals surface area contributed by atoms with Crippen molar-refractivity contribution in [2.24, 2.45) is 0 Å². The summed E-state index contributed by atoms with van der Waals surface area (Å²) in [6.07, 6.45) is 12.0. The summed E-state index contributed by atoms with van der Waals surface area (Å²) >= 11 is 1.90. The van der Waals surface area contributed by atoms with Crippen LogP contribution in [0.2, 0.25) is 0 Å². The molecule has 1 atom stereocenters. The molecular formula is C51H34N4OS. The highest BCUT2D eigenvalue weighted by Gasteiger charge is 2.24. The third-order valence-corrected chi connectivity index (χ3v) is 12.9. The van der Waals surface area contributed by atoms with E-state index in [4.69, 9.17) is 19.4 Å². The second-order valence-corrected chi connectivity index (χ2v) is 16.0. The summed E-state index contributed by atoms with van der Waals surface area (Å²) in [6, 6.07) is 49.3. The van der Waals surface area contributed by atoms with E-state index < -0.39 is 0 Å². The quantitative estimate of drug-likeness (QED) is 0.176. The number of para-hydroxylation sites is 1. The molecule has 1 unspecified atom stereocenters. The molecule has 0 saturated heterocycles. The van der Waals surface area contributed by atoms with Crippen molar-refractivity contribution >= 4 is 71.6 Å². The summed E-state index contributed by atoms with van der Waals surface area (Å²) in [5, 5.41) is 6.09. The average Bonchev–Trinajstić information content (AvgIpc) is 3.96. The normalized spacial score (nSPS) is 14.8. The van der Waals surface area contributed by atoms with E-state index in [9.17, 15) is 0 Å². The van der Waals surface area contributed by atoms with Crippen LogP contribution in [0.25, 0.3) is 99.9 Å². The van der Waals surface area contributed by atoms with Crippen molar-refractivity contribution in [1.29, 1.82) is 0 Å². The molecule has 6 heteroatoms. The number of rotatable bonds is 5. The van der Waals surface area contributed by atoms with Crippen molar-refractivity contribution in [3.8, 4) is 39.6 Å². The predicted molar refractivity (Wildman–Crippen MR) is 235 cm³/mol. The SMILES string of the molecule is C1=Cc2c(n(-c3cccc4c3sc3c(-c5cccc6oc7c(c56)=CC(c5nc(-c6ccccc6)nc(-c6ccccc6)n5)CC=7)cccc34)c3ccccc23)CC1. The maximum atomic E-state index is 6.61. The molecule has 0 amide bonds. The molecule has 0 bridgehead atoms. The summed E-state index contributed by atoms with van der Waals surface area (Å²) in [5.41, 5.74) is 11.4. The van der Waals surface area contributed by atoms with Gasteiger partial charge in [-0.25, -0.2) is 15.0 Å². The van der Waals surface area contributed by atoms with Crippen LogP contribution in [-0.2, 0) is 6.42 Å². The molecule has 0 aliphatic heterocycles. The van der Waals surface area contributed by atoms with Crippen LogP contribution in [0.3, 0.4) is 0 Å². The van der Waals surface area contributed by atoms with Crippen LogP contribution in [0.5, 0.6) is 0 Å². The molecule has 0 spiro atoms. The lowest BCUT2D eigenvalue weighted by Gasteiger charge is -2.14. The zero-order valence-electron chi connectivity index (χ0n) is 30.9. The minimum absolute atomic E-state index is 0.0564. The highest BCUT2D eigenvalue weighted by molar-refractivity contribution is 7.26. The Labute approximate surface area is 332 Å². The van der Waals surface area contributed by atoms with Gasteiger partial charge in [0.15, 0.2) is 11.6 Å². The molecule has 0 saturated carbocycles. The van der Waals surface area contributed by atoms with Gasteiger partial charge in [0.25, 0.3) is 0 Å². The van der Waals surface area contributed by atoms with E-state index in [1.165, 1.54) is 59.1 Å². The summed E-state index contributed by atoms with van der Waals surface area (Å²) in [7, 11) is 0. The smallest absolute Gasteiger partial charge is 0.163 e. The van der Waals surface area contributed by atoms with Crippen LogP contribution in [0.15, 0.2) is 150 Å². The minimum atomic E-state index is -0.0564. The Hall–Kier alpha value is -6.89. The van der Waals surface area contributed by atoms with Gasteiger partial charge in [-0.3, -0.25) is 0 Å². The van der Waals surface area contributed by atoms with Gasteiger partial charge in [-0.05, 0) is 49.1 Å². The van der Waals surface area contributed by atoms with E-state index in [1.54, 1.807) is 0 Å². The number of thiophene rings is 1. The lowest BCUT2D eigenvalue weighted by molar-refractivity contribution is 0.569. The molecule has 10 aromatic rings. The van der Waals surface area contributed by atoms with Crippen molar-refractivity contribution in [2.45, 2.75) is 25.2 Å². The van der Waals surface area contributed by atoms with Gasteiger partial charge in [-0.15, -0.1) is 11.3 Å². The van der Waals surface area contributed by atoms with Crippen LogP contribution >= 0.6 is 11.3 Å². The lowest BCUT2D eigenvalue weighted by Crippen LogP contribution is -2.26. The molecule has 12 rings (SSSR count). The van der Waals surface area contributed by atoms with E-state index in [-0.39, 0.29) is 5.92 Å². The Morgan fingerprint density at radius 1 is 0.632 bits per heavy atom. The lowest BCUT2D eigenvalue weighted by atomic mass is 9.94. The predicted octanol–water partition coefficient (Wildman–Crippen LogP) is 11.6. The standard InChI is InChI=1S/C51H34N4OS/c1-3-14-31(15-4-1)49-52-50(32-16-5-2-6-17-32)54-51(53-49)33-28-29-44-40(30-33)46-36(20-13-27-45(46)56-44)37-21-11-22-38-39-23-12-26-43(48(39)57-47(37)38)55-41-24-9-7-18-34(41)35-19-8-10-25-42(35)55/h1-9,11-24,26-27,29-30,33H,10,25,28H2. The fourth-order valence-corrected chi connectivity index (χ4v) is 10.4. The van der Waals surface area contributed by atoms with E-state index in [1.807, 2.05) is 47.7 Å². The second-order valence-electron chi connectivity index (χ2n) is 14.9. The first kappa shape index (κ1) is 32.4. The van der Waals surface area contributed by atoms with Crippen LogP contribution in [-0.4, -0.2) is 19.5 Å². The first-order valence-electron chi connectivity index (χ1n) is 19.6. The van der Waals surface area contributed by atoms with Gasteiger partial charge >= 0.3 is 0 Å². The zero-order chi connectivity index (χ0) is 37.5. The maximum Gasteiger partial charge on any atom is 0.163 e. The fourth-order valence-electron chi connectivity index (χ4n) is 9.05. The van der Waals surface area contributed by atoms with Gasteiger partial charge in [0.1, 0.15) is 16.8 Å². The highest BCUT2D eigenvalue weighted by atomic mass is 32.1. The fraction of sp³-hybridized carbons (Fsp3) is 0.0784. The zero-order valence-corrected chi connectivity index (χ0v) is 31.7. The van der Waals surface area contributed by atoms with E-state index in [2.05, 4.69) is 132 Å². The number of benzene rings is 6. The van der Waals surface area contributed by atoms with Crippen LogP contribution in [0.4, 0.5) is 0 Å². The molecule has 57 heavy (non-hydrogen) atoms. The van der Waals surface area contributed by atoms with Gasteiger partial charge in [0.2, 0.25) is 0 Å². The third-order valence-electron chi connectivity index (χ3n) is 11.6. The van der Waals surface area contributed by atoms with Crippen LogP contribution < -0.4 is 10.6 Å². The molecule has 5 nitrogen and oxygen atoms in total. The van der Waals surface area contributed by atoms with Gasteiger partial charge in [-0.2, -0.15) is 0 Å². The van der Waals surface area contributed by atoms with Crippen molar-refractivity contribution in [3.63, 3.8) is 0 Å². The summed E-state index contributed by atoms with van der Waals surface area (Å²) in [4.78, 5) is 15.1. The Morgan fingerprint density at radius 2 is 1.32 bits per heavy atom. The first-order chi connectivity index (χ1) is 28.3. The molecule has 270 valence electrons. The summed E-state index contributed by atoms with van der Waals surface area (Å²) < 4.78 is 11.7. The van der Waals surface area contributed by atoms with Gasteiger partial charge in [-0.1, -0.05) is 140 Å². The number of nitrogens with zero attached hydrogens (tertiary/aromatic N) is 4. The van der Waals surface area contributed by atoms with Crippen molar-refractivity contribution in [2.75, 3.05) is 0 Å². The number of hydrogen-bond acceptors (Lipinski definition) is 5. The van der Waals surface area contributed by atoms with Crippen molar-refractivity contribution < 1.29 is 4.42 Å². The second kappa shape index (κ2) is 12.8. The number of aromatic nitrogens is 4. The van der Waals surface area contributed by atoms with Crippen LogP contribution in [0.1, 0.15) is 35.8 Å². The molecule has 0 radical (unpaired) electrons. The van der Waals surface area contributed by atoms with Gasteiger partial charge in [0.05, 0.1) is 15.9 Å². The topological polar surface area (TPSA) is 56.7 Å². The van der Waals surface area contributed by atoms with Gasteiger partial charge in [0, 0.05) is 65.3 Å². The van der Waals surface area contributed by atoms with Crippen molar-refractivity contribution in [1.82, 2.24) is 19.5 Å². The largest absolute Gasteiger partial charge is 0.456 e. The molecule has 4 heterocycles. The summed E-state index contributed by atoms with van der Waals surface area (Å²) in [5.74, 6) is 2.05. The molecule has 2 aliphatic rings. The molecule has 0 N–H and O–H groups in total.